The summed E-state index contributed by atoms with van der Waals surface area (Å²) >= 11 is 1.34. The molecule has 0 bridgehead atoms. The van der Waals surface area contributed by atoms with Crippen molar-refractivity contribution in [2.75, 3.05) is 36.9 Å². The molecule has 1 fully saturated rings. The fourth-order valence-corrected chi connectivity index (χ4v) is 6.14. The van der Waals surface area contributed by atoms with Crippen LogP contribution >= 0.6 is 11.8 Å². The molecule has 0 radical (unpaired) electrons. The SMILES string of the molecule is COc1cc(N2C(=O)CS[C@]23C(=O)N(Cc2ccc(C)cc2)c2ccccc23)cc(OC)c1OC. The molecule has 3 aromatic rings. The van der Waals surface area contributed by atoms with E-state index >= 15 is 0 Å². The summed E-state index contributed by atoms with van der Waals surface area (Å²) in [6.45, 7) is 2.45. The highest BCUT2D eigenvalue weighted by Gasteiger charge is 2.61. The van der Waals surface area contributed by atoms with Gasteiger partial charge < -0.3 is 19.1 Å². The molecule has 2 heterocycles. The number of hydrogen-bond donors (Lipinski definition) is 0. The highest BCUT2D eigenvalue weighted by molar-refractivity contribution is 8.02. The molecule has 1 atom stereocenters. The smallest absolute Gasteiger partial charge is 0.269 e. The van der Waals surface area contributed by atoms with Crippen molar-refractivity contribution in [3.05, 3.63) is 77.4 Å². The summed E-state index contributed by atoms with van der Waals surface area (Å²) in [7, 11) is 4.57. The Balaban J connectivity index is 1.65. The van der Waals surface area contributed by atoms with Crippen LogP contribution in [0.2, 0.25) is 0 Å². The Morgan fingerprint density at radius 2 is 1.57 bits per heavy atom. The molecule has 3 aromatic carbocycles. The number of thioether (sulfide) groups is 1. The molecule has 0 N–H and O–H groups in total. The zero-order chi connectivity index (χ0) is 24.7. The number of carbonyl (C=O) groups excluding carboxylic acids is 2. The van der Waals surface area contributed by atoms with Crippen LogP contribution in [0.25, 0.3) is 0 Å². The van der Waals surface area contributed by atoms with Crippen LogP contribution in [-0.2, 0) is 21.0 Å². The number of amides is 2. The zero-order valence-electron chi connectivity index (χ0n) is 20.0. The van der Waals surface area contributed by atoms with E-state index in [9.17, 15) is 9.59 Å². The average Bonchev–Trinajstić information content (AvgIpc) is 3.35. The lowest BCUT2D eigenvalue weighted by molar-refractivity contribution is -0.123. The number of carbonyl (C=O) groups is 2. The number of anilines is 2. The molecule has 0 aromatic heterocycles. The van der Waals surface area contributed by atoms with Crippen LogP contribution in [0.1, 0.15) is 16.7 Å². The van der Waals surface area contributed by atoms with E-state index in [4.69, 9.17) is 14.2 Å². The van der Waals surface area contributed by atoms with E-state index in [1.807, 2.05) is 55.5 Å². The predicted molar refractivity (Wildman–Crippen MR) is 137 cm³/mol. The van der Waals surface area contributed by atoms with Gasteiger partial charge in [-0.3, -0.25) is 14.5 Å². The Labute approximate surface area is 208 Å². The molecule has 1 saturated heterocycles. The van der Waals surface area contributed by atoms with Gasteiger partial charge in [-0.15, -0.1) is 11.8 Å². The molecule has 5 rings (SSSR count). The second-order valence-electron chi connectivity index (χ2n) is 8.44. The largest absolute Gasteiger partial charge is 0.493 e. The quantitative estimate of drug-likeness (QED) is 0.507. The molecule has 2 aliphatic rings. The van der Waals surface area contributed by atoms with Gasteiger partial charge in [-0.1, -0.05) is 48.0 Å². The third-order valence-electron chi connectivity index (χ3n) is 6.43. The number of para-hydroxylation sites is 1. The van der Waals surface area contributed by atoms with Crippen molar-refractivity contribution in [1.29, 1.82) is 0 Å². The number of ether oxygens (including phenoxy) is 3. The number of aryl methyl sites for hydroxylation is 1. The Hall–Kier alpha value is -3.65. The topological polar surface area (TPSA) is 68.3 Å². The van der Waals surface area contributed by atoms with E-state index in [0.717, 1.165) is 22.4 Å². The lowest BCUT2D eigenvalue weighted by atomic mass is 10.0. The van der Waals surface area contributed by atoms with Crippen molar-refractivity contribution < 1.29 is 23.8 Å². The molecule has 7 nitrogen and oxygen atoms in total. The summed E-state index contributed by atoms with van der Waals surface area (Å²) in [5.74, 6) is 1.11. The number of methoxy groups -OCH3 is 3. The van der Waals surface area contributed by atoms with Crippen LogP contribution in [0.5, 0.6) is 17.2 Å². The third kappa shape index (κ3) is 3.51. The number of nitrogens with zero attached hydrogens (tertiary/aromatic N) is 2. The van der Waals surface area contributed by atoms with E-state index in [1.165, 1.54) is 33.1 Å². The summed E-state index contributed by atoms with van der Waals surface area (Å²) < 4.78 is 16.5. The highest BCUT2D eigenvalue weighted by Crippen LogP contribution is 2.57. The Morgan fingerprint density at radius 1 is 0.914 bits per heavy atom. The van der Waals surface area contributed by atoms with E-state index in [0.29, 0.717) is 29.5 Å². The number of hydrogen-bond acceptors (Lipinski definition) is 6. The number of benzene rings is 3. The monoisotopic (exact) mass is 490 g/mol. The Kier molecular flexibility index (Phi) is 5.84. The first-order valence-electron chi connectivity index (χ1n) is 11.2. The van der Waals surface area contributed by atoms with Crippen LogP contribution in [0.4, 0.5) is 11.4 Å². The van der Waals surface area contributed by atoms with E-state index in [-0.39, 0.29) is 17.6 Å². The summed E-state index contributed by atoms with van der Waals surface area (Å²) in [5.41, 5.74) is 4.28. The van der Waals surface area contributed by atoms with Crippen LogP contribution in [0.3, 0.4) is 0 Å². The maximum absolute atomic E-state index is 14.2. The molecule has 35 heavy (non-hydrogen) atoms. The van der Waals surface area contributed by atoms with Gasteiger partial charge in [-0.05, 0) is 18.6 Å². The maximum Gasteiger partial charge on any atom is 0.269 e. The fraction of sp³-hybridized carbons (Fsp3) is 0.259. The van der Waals surface area contributed by atoms with Crippen molar-refractivity contribution >= 4 is 35.0 Å². The zero-order valence-corrected chi connectivity index (χ0v) is 20.8. The average molecular weight is 491 g/mol. The van der Waals surface area contributed by atoms with Gasteiger partial charge in [0.25, 0.3) is 5.91 Å². The minimum absolute atomic E-state index is 0.149. The van der Waals surface area contributed by atoms with Gasteiger partial charge >= 0.3 is 0 Å². The van der Waals surface area contributed by atoms with Gasteiger partial charge in [-0.25, -0.2) is 0 Å². The molecule has 2 amide bonds. The van der Waals surface area contributed by atoms with E-state index in [1.54, 1.807) is 21.9 Å². The molecule has 0 unspecified atom stereocenters. The highest BCUT2D eigenvalue weighted by atomic mass is 32.2. The molecule has 180 valence electrons. The molecule has 0 saturated carbocycles. The minimum Gasteiger partial charge on any atom is -0.493 e. The van der Waals surface area contributed by atoms with Crippen molar-refractivity contribution in [1.82, 2.24) is 0 Å². The first kappa shape index (κ1) is 23.1. The van der Waals surface area contributed by atoms with Crippen molar-refractivity contribution in [2.24, 2.45) is 0 Å². The summed E-state index contributed by atoms with van der Waals surface area (Å²) in [5, 5.41) is 0. The van der Waals surface area contributed by atoms with Gasteiger partial charge in [0, 0.05) is 17.7 Å². The van der Waals surface area contributed by atoms with Gasteiger partial charge in [-0.2, -0.15) is 0 Å². The van der Waals surface area contributed by atoms with Crippen LogP contribution in [-0.4, -0.2) is 38.9 Å². The van der Waals surface area contributed by atoms with Crippen LogP contribution in [0, 0.1) is 6.92 Å². The Morgan fingerprint density at radius 3 is 2.20 bits per heavy atom. The summed E-state index contributed by atoms with van der Waals surface area (Å²) in [4.78, 5) is 29.7. The molecule has 0 aliphatic carbocycles. The second kappa shape index (κ2) is 8.85. The van der Waals surface area contributed by atoms with Crippen molar-refractivity contribution in [2.45, 2.75) is 18.3 Å². The fourth-order valence-electron chi connectivity index (χ4n) is 4.78. The lowest BCUT2D eigenvalue weighted by Crippen LogP contribution is -2.49. The molecular formula is C27H26N2O5S. The number of rotatable bonds is 6. The molecule has 2 aliphatic heterocycles. The predicted octanol–water partition coefficient (Wildman–Crippen LogP) is 4.50. The summed E-state index contributed by atoms with van der Waals surface area (Å²) in [6.07, 6.45) is 0. The first-order valence-corrected chi connectivity index (χ1v) is 12.2. The number of fused-ring (bicyclic) bond motifs is 2. The molecular weight excluding hydrogens is 464 g/mol. The first-order chi connectivity index (χ1) is 16.9. The van der Waals surface area contributed by atoms with Crippen molar-refractivity contribution in [3.63, 3.8) is 0 Å². The Bertz CT molecular complexity index is 1280. The van der Waals surface area contributed by atoms with Crippen LogP contribution < -0.4 is 24.0 Å². The van der Waals surface area contributed by atoms with Gasteiger partial charge in [0.1, 0.15) is 0 Å². The van der Waals surface area contributed by atoms with Gasteiger partial charge in [0.2, 0.25) is 16.5 Å². The van der Waals surface area contributed by atoms with Gasteiger partial charge in [0.05, 0.1) is 45.0 Å². The second-order valence-corrected chi connectivity index (χ2v) is 9.61. The van der Waals surface area contributed by atoms with Crippen LogP contribution in [0.15, 0.2) is 60.7 Å². The van der Waals surface area contributed by atoms with E-state index in [2.05, 4.69) is 0 Å². The minimum atomic E-state index is -1.22. The maximum atomic E-state index is 14.2. The van der Waals surface area contributed by atoms with E-state index < -0.39 is 4.87 Å². The molecule has 1 spiro atoms. The standard InChI is InChI=1S/C27H26N2O5S/c1-17-9-11-18(12-10-17)15-28-21-8-6-5-7-20(21)27(26(28)31)29(24(30)16-35-27)19-13-22(32-2)25(34-4)23(14-19)33-3/h5-14H,15-16H2,1-4H3/t27-/m1/s1. The van der Waals surface area contributed by atoms with Crippen molar-refractivity contribution in [3.8, 4) is 17.2 Å². The third-order valence-corrected chi connectivity index (χ3v) is 7.82. The lowest BCUT2D eigenvalue weighted by Gasteiger charge is -2.33. The summed E-state index contributed by atoms with van der Waals surface area (Å²) in [6, 6.07) is 19.2. The van der Waals surface area contributed by atoms with Gasteiger partial charge in [0.15, 0.2) is 11.5 Å². The normalized spacial score (nSPS) is 18.9. The molecule has 8 heteroatoms.